The first-order valence-corrected chi connectivity index (χ1v) is 20.8. The van der Waals surface area contributed by atoms with Crippen molar-refractivity contribution in [2.24, 2.45) is 0 Å². The monoisotopic (exact) mass is 749 g/mol. The number of carboxylic acid groups (broad SMARTS) is 1. The Kier molecular flexibility index (Phi) is 34.4. The molecule has 2 atom stereocenters. The van der Waals surface area contributed by atoms with Crippen LogP contribution in [-0.4, -0.2) is 87.4 Å². The first-order chi connectivity index (χ1) is 25.6. The smallest absolute Gasteiger partial charge is 0.361 e. The summed E-state index contributed by atoms with van der Waals surface area (Å²) < 4.78 is 22.6. The number of ether oxygens (including phenoxy) is 4. The van der Waals surface area contributed by atoms with E-state index < -0.39 is 24.3 Å². The number of allylic oxidation sites excluding steroid dienone is 8. The topological polar surface area (TPSA) is 108 Å². The Morgan fingerprint density at radius 3 is 1.57 bits per heavy atom. The van der Waals surface area contributed by atoms with Crippen molar-refractivity contribution >= 4 is 17.9 Å². The van der Waals surface area contributed by atoms with Gasteiger partial charge in [-0.15, -0.1) is 0 Å². The molecule has 0 heterocycles. The van der Waals surface area contributed by atoms with Crippen LogP contribution in [0.2, 0.25) is 0 Å². The van der Waals surface area contributed by atoms with Gasteiger partial charge >= 0.3 is 17.9 Å². The predicted octanol–water partition coefficient (Wildman–Crippen LogP) is 10.4. The molecule has 9 heteroatoms. The maximum absolute atomic E-state index is 12.7. The van der Waals surface area contributed by atoms with Crippen LogP contribution in [0.5, 0.6) is 0 Å². The molecule has 0 fully saturated rings. The molecule has 0 spiro atoms. The maximum atomic E-state index is 12.7. The van der Waals surface area contributed by atoms with E-state index in [1.807, 2.05) is 33.3 Å². The third-order valence-corrected chi connectivity index (χ3v) is 8.61. The molecule has 0 amide bonds. The van der Waals surface area contributed by atoms with Crippen LogP contribution >= 0.6 is 0 Å². The van der Waals surface area contributed by atoms with E-state index >= 15 is 0 Å². The van der Waals surface area contributed by atoms with Gasteiger partial charge in [0.1, 0.15) is 13.2 Å². The molecule has 0 aliphatic heterocycles. The molecule has 306 valence electrons. The standard InChI is InChI=1S/C44H77NO8/c1-6-8-10-12-14-16-18-20-21-23-24-26-28-30-32-34-41(46)51-38-40(39-52-44(43(48)49)50-37-36-45(3,4)5)53-42(47)35-33-31-29-27-25-22-19-17-15-13-11-9-7-2/h9,11,15,17,22,25,29,31,40,44H,6-8,10,12-14,16,18-21,23-24,26-28,30,32-39H2,1-5H3/p+1/b11-9-,17-15-,25-22-,31-29-. The lowest BCUT2D eigenvalue weighted by Crippen LogP contribution is -2.40. The molecule has 0 saturated carbocycles. The number of nitrogens with zero attached hydrogens (tertiary/aromatic N) is 1. The average molecular weight is 749 g/mol. The maximum Gasteiger partial charge on any atom is 0.361 e. The zero-order chi connectivity index (χ0) is 39.3. The lowest BCUT2D eigenvalue weighted by molar-refractivity contribution is -0.870. The number of carbonyl (C=O) groups is 3. The summed E-state index contributed by atoms with van der Waals surface area (Å²) in [6, 6.07) is 0. The Morgan fingerprint density at radius 1 is 0.585 bits per heavy atom. The second-order valence-corrected chi connectivity index (χ2v) is 14.9. The Labute approximate surface area is 323 Å². The molecule has 0 bridgehead atoms. The van der Waals surface area contributed by atoms with E-state index in [1.54, 1.807) is 0 Å². The molecular weight excluding hydrogens is 670 g/mol. The van der Waals surface area contributed by atoms with Crippen molar-refractivity contribution < 1.29 is 42.9 Å². The van der Waals surface area contributed by atoms with E-state index in [4.69, 9.17) is 18.9 Å². The molecule has 0 aliphatic carbocycles. The third-order valence-electron chi connectivity index (χ3n) is 8.61. The van der Waals surface area contributed by atoms with E-state index in [9.17, 15) is 19.5 Å². The van der Waals surface area contributed by atoms with Gasteiger partial charge in [0.15, 0.2) is 6.10 Å². The summed E-state index contributed by atoms with van der Waals surface area (Å²) in [5.41, 5.74) is 0. The van der Waals surface area contributed by atoms with Crippen LogP contribution < -0.4 is 0 Å². The molecule has 53 heavy (non-hydrogen) atoms. The molecule has 9 nitrogen and oxygen atoms in total. The summed E-state index contributed by atoms with van der Waals surface area (Å²) in [5, 5.41) is 9.60. The number of unbranched alkanes of at least 4 members (excludes halogenated alkanes) is 14. The highest BCUT2D eigenvalue weighted by molar-refractivity contribution is 5.71. The molecule has 0 saturated heterocycles. The van der Waals surface area contributed by atoms with Crippen molar-refractivity contribution in [1.82, 2.24) is 0 Å². The minimum Gasteiger partial charge on any atom is -0.477 e. The Balaban J connectivity index is 4.57. The van der Waals surface area contributed by atoms with Crippen molar-refractivity contribution in [3.05, 3.63) is 48.6 Å². The van der Waals surface area contributed by atoms with Gasteiger partial charge in [0.05, 0.1) is 34.4 Å². The highest BCUT2D eigenvalue weighted by atomic mass is 16.7. The lowest BCUT2D eigenvalue weighted by Gasteiger charge is -2.25. The number of quaternary nitrogens is 1. The number of carboxylic acids is 1. The number of likely N-dealkylation sites (N-methyl/N-ethyl adjacent to an activating group) is 1. The molecule has 0 rings (SSSR count). The third kappa shape index (κ3) is 37.4. The predicted molar refractivity (Wildman–Crippen MR) is 217 cm³/mol. The fourth-order valence-electron chi connectivity index (χ4n) is 5.38. The number of esters is 2. The van der Waals surface area contributed by atoms with Gasteiger partial charge in [0, 0.05) is 12.8 Å². The van der Waals surface area contributed by atoms with Gasteiger partial charge in [-0.2, -0.15) is 0 Å². The largest absolute Gasteiger partial charge is 0.477 e. The average Bonchev–Trinajstić information content (AvgIpc) is 3.11. The lowest BCUT2D eigenvalue weighted by atomic mass is 10.0. The molecular formula is C44H78NO8+. The van der Waals surface area contributed by atoms with E-state index in [2.05, 4.69) is 50.3 Å². The number of rotatable bonds is 37. The van der Waals surface area contributed by atoms with Gasteiger partial charge in [-0.25, -0.2) is 4.79 Å². The second-order valence-electron chi connectivity index (χ2n) is 14.9. The molecule has 1 N–H and O–H groups in total. The quantitative estimate of drug-likeness (QED) is 0.0220. The van der Waals surface area contributed by atoms with Crippen LogP contribution in [0.15, 0.2) is 48.6 Å². The fourth-order valence-corrected chi connectivity index (χ4v) is 5.38. The van der Waals surface area contributed by atoms with E-state index in [-0.39, 0.29) is 38.6 Å². The number of aliphatic carboxylic acids is 1. The molecule has 2 unspecified atom stereocenters. The fraction of sp³-hybridized carbons (Fsp3) is 0.750. The van der Waals surface area contributed by atoms with E-state index in [0.717, 1.165) is 44.9 Å². The van der Waals surface area contributed by atoms with Crippen molar-refractivity contribution in [3.8, 4) is 0 Å². The summed E-state index contributed by atoms with van der Waals surface area (Å²) in [4.78, 5) is 36.9. The Morgan fingerprint density at radius 2 is 1.08 bits per heavy atom. The van der Waals surface area contributed by atoms with Crippen LogP contribution in [-0.2, 0) is 33.3 Å². The minimum atomic E-state index is -1.52. The zero-order valence-corrected chi connectivity index (χ0v) is 34.4. The molecule has 0 aromatic heterocycles. The van der Waals surface area contributed by atoms with Crippen LogP contribution in [0.1, 0.15) is 155 Å². The van der Waals surface area contributed by atoms with Gasteiger partial charge in [-0.05, 0) is 38.5 Å². The van der Waals surface area contributed by atoms with Crippen LogP contribution in [0.3, 0.4) is 0 Å². The molecule has 0 aromatic rings. The van der Waals surface area contributed by atoms with Gasteiger partial charge in [-0.3, -0.25) is 9.59 Å². The van der Waals surface area contributed by atoms with Crippen LogP contribution in [0, 0.1) is 0 Å². The van der Waals surface area contributed by atoms with Crippen molar-refractivity contribution in [2.45, 2.75) is 167 Å². The normalized spacial score (nSPS) is 13.5. The minimum absolute atomic E-state index is 0.139. The zero-order valence-electron chi connectivity index (χ0n) is 34.4. The number of hydrogen-bond donors (Lipinski definition) is 1. The molecule has 0 aliphatic rings. The first-order valence-electron chi connectivity index (χ1n) is 20.8. The van der Waals surface area contributed by atoms with Gasteiger partial charge < -0.3 is 28.5 Å². The molecule has 0 radical (unpaired) electrons. The summed E-state index contributed by atoms with van der Waals surface area (Å²) in [5.74, 6) is -2.12. The van der Waals surface area contributed by atoms with E-state index in [1.165, 1.54) is 77.0 Å². The van der Waals surface area contributed by atoms with Crippen molar-refractivity contribution in [2.75, 3.05) is 47.5 Å². The van der Waals surface area contributed by atoms with Gasteiger partial charge in [-0.1, -0.05) is 152 Å². The van der Waals surface area contributed by atoms with E-state index in [0.29, 0.717) is 17.4 Å². The Bertz CT molecular complexity index is 1010. The SMILES string of the molecule is CC/C=C\C/C=C\C/C=C\C/C=C\CCC(=O)OC(COC(=O)CCCCCCCCCCCCCCCCC)COC(OCC[N+](C)(C)C)C(=O)O. The second kappa shape index (κ2) is 36.2. The highest BCUT2D eigenvalue weighted by Crippen LogP contribution is 2.14. The summed E-state index contributed by atoms with van der Waals surface area (Å²) >= 11 is 0. The van der Waals surface area contributed by atoms with Gasteiger partial charge in [0.25, 0.3) is 6.29 Å². The van der Waals surface area contributed by atoms with Crippen molar-refractivity contribution in [1.29, 1.82) is 0 Å². The summed E-state index contributed by atoms with van der Waals surface area (Å²) in [6.45, 7) is 4.65. The summed E-state index contributed by atoms with van der Waals surface area (Å²) in [7, 11) is 5.92. The molecule has 0 aromatic carbocycles. The van der Waals surface area contributed by atoms with Crippen LogP contribution in [0.25, 0.3) is 0 Å². The summed E-state index contributed by atoms with van der Waals surface area (Å²) in [6.07, 6.45) is 37.6. The first kappa shape index (κ1) is 50.2. The Hall–Kier alpha value is -2.75. The highest BCUT2D eigenvalue weighted by Gasteiger charge is 2.25. The van der Waals surface area contributed by atoms with Crippen molar-refractivity contribution in [3.63, 3.8) is 0 Å². The number of hydrogen-bond acceptors (Lipinski definition) is 7. The van der Waals surface area contributed by atoms with Gasteiger partial charge in [0.2, 0.25) is 0 Å². The number of carbonyl (C=O) groups excluding carboxylic acids is 2. The van der Waals surface area contributed by atoms with Crippen LogP contribution in [0.4, 0.5) is 0 Å².